The summed E-state index contributed by atoms with van der Waals surface area (Å²) < 4.78 is 0. The van der Waals surface area contributed by atoms with E-state index >= 15 is 0 Å². The minimum atomic E-state index is 0.986. The lowest BCUT2D eigenvalue weighted by molar-refractivity contribution is 0.840. The molecule has 0 aliphatic rings. The van der Waals surface area contributed by atoms with Crippen LogP contribution in [0.15, 0.2) is 12.4 Å². The molecular formula is C13H19N3S2. The van der Waals surface area contributed by atoms with Crippen LogP contribution >= 0.6 is 23.1 Å². The van der Waals surface area contributed by atoms with Gasteiger partial charge < -0.3 is 5.32 Å². The first-order chi connectivity index (χ1) is 8.85. The third kappa shape index (κ3) is 3.36. The molecule has 18 heavy (non-hydrogen) atoms. The Balaban J connectivity index is 2.01. The highest BCUT2D eigenvalue weighted by molar-refractivity contribution is 7.98. The second kappa shape index (κ2) is 6.95. The summed E-state index contributed by atoms with van der Waals surface area (Å²) in [7, 11) is 0. The summed E-state index contributed by atoms with van der Waals surface area (Å²) in [5.74, 6) is 2.22. The zero-order chi connectivity index (χ0) is 12.8. The van der Waals surface area contributed by atoms with Gasteiger partial charge in [-0.15, -0.1) is 11.3 Å². The van der Waals surface area contributed by atoms with Gasteiger partial charge in [-0.2, -0.15) is 11.8 Å². The number of hydrogen-bond acceptors (Lipinski definition) is 5. The first kappa shape index (κ1) is 13.6. The Labute approximate surface area is 116 Å². The molecule has 98 valence electrons. The van der Waals surface area contributed by atoms with E-state index in [4.69, 9.17) is 0 Å². The molecule has 0 aliphatic heterocycles. The van der Waals surface area contributed by atoms with Gasteiger partial charge >= 0.3 is 0 Å². The lowest BCUT2D eigenvalue weighted by Gasteiger charge is -2.05. The Kier molecular flexibility index (Phi) is 5.26. The average molecular weight is 281 g/mol. The van der Waals surface area contributed by atoms with Crippen molar-refractivity contribution in [3.8, 4) is 0 Å². The third-order valence-corrected chi connectivity index (χ3v) is 4.68. The highest BCUT2D eigenvalue weighted by Gasteiger charge is 2.07. The third-order valence-electron chi connectivity index (χ3n) is 2.80. The van der Waals surface area contributed by atoms with E-state index in [1.165, 1.54) is 28.9 Å². The van der Waals surface area contributed by atoms with Crippen molar-refractivity contribution in [1.82, 2.24) is 9.97 Å². The minimum absolute atomic E-state index is 0.986. The van der Waals surface area contributed by atoms with Gasteiger partial charge in [-0.05, 0) is 37.3 Å². The average Bonchev–Trinajstić information content (AvgIpc) is 2.82. The number of aromatic nitrogens is 2. The Bertz CT molecular complexity index is 496. The van der Waals surface area contributed by atoms with Crippen molar-refractivity contribution in [3.63, 3.8) is 0 Å². The molecule has 0 atom stereocenters. The van der Waals surface area contributed by atoms with Gasteiger partial charge in [-0.25, -0.2) is 9.97 Å². The first-order valence-corrected chi connectivity index (χ1v) is 8.52. The van der Waals surface area contributed by atoms with Gasteiger partial charge in [0.2, 0.25) is 0 Å². The van der Waals surface area contributed by atoms with E-state index in [1.807, 2.05) is 11.8 Å². The molecule has 0 aliphatic carbocycles. The molecule has 5 heteroatoms. The number of nitrogens with zero attached hydrogens (tertiary/aromatic N) is 2. The van der Waals surface area contributed by atoms with Crippen molar-refractivity contribution >= 4 is 39.1 Å². The second-order valence-corrected chi connectivity index (χ2v) is 6.23. The Morgan fingerprint density at radius 3 is 3.00 bits per heavy atom. The number of anilines is 1. The highest BCUT2D eigenvalue weighted by Crippen LogP contribution is 2.28. The number of unbranched alkanes of at least 4 members (excludes halogenated alkanes) is 1. The number of nitrogens with one attached hydrogen (secondary N) is 1. The quantitative estimate of drug-likeness (QED) is 0.783. The lowest BCUT2D eigenvalue weighted by Crippen LogP contribution is -2.04. The highest BCUT2D eigenvalue weighted by atomic mass is 32.2. The molecule has 0 spiro atoms. The number of fused-ring (bicyclic) bond motifs is 1. The van der Waals surface area contributed by atoms with Crippen LogP contribution in [0, 0.1) is 0 Å². The van der Waals surface area contributed by atoms with Gasteiger partial charge in [-0.1, -0.05) is 6.92 Å². The van der Waals surface area contributed by atoms with Crippen LogP contribution in [0.1, 0.15) is 24.6 Å². The predicted octanol–water partition coefficient (Wildman–Crippen LogP) is 3.81. The normalized spacial score (nSPS) is 11.0. The molecule has 0 fully saturated rings. The van der Waals surface area contributed by atoms with Gasteiger partial charge in [0.05, 0.1) is 5.39 Å². The molecule has 0 aromatic carbocycles. The number of thiophene rings is 1. The van der Waals surface area contributed by atoms with Crippen LogP contribution in [-0.4, -0.2) is 28.5 Å². The molecule has 0 unspecified atom stereocenters. The van der Waals surface area contributed by atoms with Crippen molar-refractivity contribution in [1.29, 1.82) is 0 Å². The molecule has 2 aromatic rings. The van der Waals surface area contributed by atoms with E-state index in [0.717, 1.165) is 23.6 Å². The molecular weight excluding hydrogens is 262 g/mol. The molecule has 0 amide bonds. The van der Waals surface area contributed by atoms with E-state index in [2.05, 4.69) is 34.5 Å². The maximum atomic E-state index is 4.35. The van der Waals surface area contributed by atoms with Crippen molar-refractivity contribution in [2.75, 3.05) is 23.9 Å². The summed E-state index contributed by atoms with van der Waals surface area (Å²) in [6.07, 6.45) is 7.32. The Hall–Kier alpha value is -0.810. The molecule has 2 heterocycles. The van der Waals surface area contributed by atoms with Crippen molar-refractivity contribution < 1.29 is 0 Å². The van der Waals surface area contributed by atoms with Gasteiger partial charge in [-0.3, -0.25) is 0 Å². The van der Waals surface area contributed by atoms with Crippen LogP contribution in [0.2, 0.25) is 0 Å². The van der Waals surface area contributed by atoms with E-state index in [-0.39, 0.29) is 0 Å². The maximum absolute atomic E-state index is 4.35. The molecule has 0 bridgehead atoms. The van der Waals surface area contributed by atoms with Gasteiger partial charge in [0.15, 0.2) is 0 Å². The van der Waals surface area contributed by atoms with Crippen LogP contribution in [0.4, 0.5) is 5.82 Å². The molecule has 0 saturated carbocycles. The van der Waals surface area contributed by atoms with Crippen LogP contribution in [0.3, 0.4) is 0 Å². The summed E-state index contributed by atoms with van der Waals surface area (Å²) in [4.78, 5) is 11.1. The van der Waals surface area contributed by atoms with E-state index in [0.29, 0.717) is 0 Å². The topological polar surface area (TPSA) is 37.8 Å². The number of thioether (sulfide) groups is 1. The van der Waals surface area contributed by atoms with Crippen LogP contribution in [0.5, 0.6) is 0 Å². The first-order valence-electron chi connectivity index (χ1n) is 6.31. The Morgan fingerprint density at radius 1 is 1.33 bits per heavy atom. The monoisotopic (exact) mass is 281 g/mol. The fourth-order valence-corrected chi connectivity index (χ4v) is 3.23. The summed E-state index contributed by atoms with van der Waals surface area (Å²) in [5.41, 5.74) is 0. The standard InChI is InChI=1S/C13H19N3S2/c1-3-10-8-11-12(14-6-4-5-7-17-2)15-9-16-13(11)18-10/h8-9H,3-7H2,1-2H3,(H,14,15,16). The van der Waals surface area contributed by atoms with E-state index < -0.39 is 0 Å². The fraction of sp³-hybridized carbons (Fsp3) is 0.538. The maximum Gasteiger partial charge on any atom is 0.138 e. The van der Waals surface area contributed by atoms with Crippen molar-refractivity contribution in [2.24, 2.45) is 0 Å². The smallest absolute Gasteiger partial charge is 0.138 e. The predicted molar refractivity (Wildman–Crippen MR) is 82.9 cm³/mol. The fourth-order valence-electron chi connectivity index (χ4n) is 1.80. The summed E-state index contributed by atoms with van der Waals surface area (Å²) >= 11 is 3.67. The van der Waals surface area contributed by atoms with Crippen LogP contribution in [0.25, 0.3) is 10.2 Å². The molecule has 2 aromatic heterocycles. The molecule has 1 N–H and O–H groups in total. The molecule has 0 saturated heterocycles. The van der Waals surface area contributed by atoms with Gasteiger partial charge in [0.25, 0.3) is 0 Å². The summed E-state index contributed by atoms with van der Waals surface area (Å²) in [6, 6.07) is 2.21. The zero-order valence-electron chi connectivity index (χ0n) is 10.9. The van der Waals surface area contributed by atoms with Gasteiger partial charge in [0.1, 0.15) is 17.0 Å². The summed E-state index contributed by atoms with van der Waals surface area (Å²) in [5, 5.41) is 4.60. The second-order valence-electron chi connectivity index (χ2n) is 4.13. The number of aryl methyl sites for hydroxylation is 1. The van der Waals surface area contributed by atoms with Crippen molar-refractivity contribution in [3.05, 3.63) is 17.3 Å². The minimum Gasteiger partial charge on any atom is -0.369 e. The SMILES string of the molecule is CCc1cc2c(NCCCCSC)ncnc2s1. The van der Waals surface area contributed by atoms with Crippen LogP contribution < -0.4 is 5.32 Å². The largest absolute Gasteiger partial charge is 0.369 e. The zero-order valence-corrected chi connectivity index (χ0v) is 12.5. The molecule has 2 rings (SSSR count). The van der Waals surface area contributed by atoms with Gasteiger partial charge in [0, 0.05) is 11.4 Å². The van der Waals surface area contributed by atoms with E-state index in [1.54, 1.807) is 17.7 Å². The van der Waals surface area contributed by atoms with E-state index in [9.17, 15) is 0 Å². The molecule has 0 radical (unpaired) electrons. The number of rotatable bonds is 7. The Morgan fingerprint density at radius 2 is 2.22 bits per heavy atom. The molecule has 3 nitrogen and oxygen atoms in total. The van der Waals surface area contributed by atoms with Crippen molar-refractivity contribution in [2.45, 2.75) is 26.2 Å². The van der Waals surface area contributed by atoms with Crippen LogP contribution in [-0.2, 0) is 6.42 Å². The lowest BCUT2D eigenvalue weighted by atomic mass is 10.3. The summed E-state index contributed by atoms with van der Waals surface area (Å²) in [6.45, 7) is 3.16. The number of hydrogen-bond donors (Lipinski definition) is 1.